The van der Waals surface area contributed by atoms with Gasteiger partial charge >= 0.3 is 6.03 Å². The third kappa shape index (κ3) is 2.94. The molecule has 0 spiro atoms. The predicted molar refractivity (Wildman–Crippen MR) is 122 cm³/mol. The highest BCUT2D eigenvalue weighted by molar-refractivity contribution is 6.31. The molecule has 164 valence electrons. The molecule has 2 aromatic rings. The standard InChI is InChI=1S/C27H28N2O3/c1-16(27-13-17-9-18(14-27)11-19(10-17)15-27)29-25(31)23(24(30)28-26(29)32)12-21-7-4-6-20-5-2-3-8-22(20)21/h2-8,12,16-19H,9-11,13-15H2,1H3,(H,28,30,32). The van der Waals surface area contributed by atoms with E-state index >= 15 is 0 Å². The van der Waals surface area contributed by atoms with Crippen LogP contribution in [0.4, 0.5) is 4.79 Å². The molecule has 2 aromatic carbocycles. The number of nitrogens with one attached hydrogen (secondary N) is 1. The van der Waals surface area contributed by atoms with Gasteiger partial charge < -0.3 is 0 Å². The largest absolute Gasteiger partial charge is 0.331 e. The summed E-state index contributed by atoms with van der Waals surface area (Å²) in [6, 6.07) is 12.9. The molecule has 1 saturated heterocycles. The predicted octanol–water partition coefficient (Wildman–Crippen LogP) is 4.91. The molecule has 1 unspecified atom stereocenters. The van der Waals surface area contributed by atoms with Gasteiger partial charge in [0.2, 0.25) is 0 Å². The first kappa shape index (κ1) is 19.7. The van der Waals surface area contributed by atoms with Crippen LogP contribution in [-0.4, -0.2) is 28.8 Å². The van der Waals surface area contributed by atoms with E-state index in [1.54, 1.807) is 6.08 Å². The van der Waals surface area contributed by atoms with Crippen LogP contribution >= 0.6 is 0 Å². The number of imide groups is 2. The van der Waals surface area contributed by atoms with Gasteiger partial charge in [0.25, 0.3) is 11.8 Å². The molecule has 5 nitrogen and oxygen atoms in total. The van der Waals surface area contributed by atoms with Crippen LogP contribution in [0, 0.1) is 23.2 Å². The van der Waals surface area contributed by atoms with E-state index in [2.05, 4.69) is 5.32 Å². The van der Waals surface area contributed by atoms with Crippen molar-refractivity contribution < 1.29 is 14.4 Å². The number of rotatable bonds is 3. The van der Waals surface area contributed by atoms with Crippen LogP contribution in [0.25, 0.3) is 16.8 Å². The molecule has 4 bridgehead atoms. The van der Waals surface area contributed by atoms with Crippen molar-refractivity contribution in [2.24, 2.45) is 23.2 Å². The number of benzene rings is 2. The molecule has 0 radical (unpaired) electrons. The minimum atomic E-state index is -0.609. The minimum Gasteiger partial charge on any atom is -0.273 e. The van der Waals surface area contributed by atoms with Crippen LogP contribution in [0.1, 0.15) is 51.0 Å². The number of nitrogens with zero attached hydrogens (tertiary/aromatic N) is 1. The first-order valence-electron chi connectivity index (χ1n) is 11.8. The molecule has 5 fully saturated rings. The average Bonchev–Trinajstić information content (AvgIpc) is 2.75. The Kier molecular flexibility index (Phi) is 4.33. The van der Waals surface area contributed by atoms with E-state index in [1.807, 2.05) is 49.4 Å². The van der Waals surface area contributed by atoms with E-state index in [0.717, 1.165) is 53.4 Å². The van der Waals surface area contributed by atoms with Crippen LogP contribution < -0.4 is 5.32 Å². The third-order valence-electron chi connectivity index (χ3n) is 8.62. The van der Waals surface area contributed by atoms with Gasteiger partial charge in [-0.2, -0.15) is 0 Å². The summed E-state index contributed by atoms with van der Waals surface area (Å²) in [6.45, 7) is 2.02. The molecular formula is C27H28N2O3. The number of barbiturate groups is 1. The summed E-state index contributed by atoms with van der Waals surface area (Å²) in [5.41, 5.74) is 0.836. The molecule has 1 atom stereocenters. The molecule has 5 aliphatic rings. The van der Waals surface area contributed by atoms with Gasteiger partial charge in [-0.25, -0.2) is 4.79 Å². The summed E-state index contributed by atoms with van der Waals surface area (Å²) in [4.78, 5) is 40.6. The highest BCUT2D eigenvalue weighted by Gasteiger charge is 2.56. The number of amides is 4. The van der Waals surface area contributed by atoms with Crippen molar-refractivity contribution in [1.82, 2.24) is 10.2 Å². The normalized spacial score (nSPS) is 33.8. The minimum absolute atomic E-state index is 0.00725. The smallest absolute Gasteiger partial charge is 0.273 e. The Morgan fingerprint density at radius 2 is 1.56 bits per heavy atom. The van der Waals surface area contributed by atoms with Crippen molar-refractivity contribution in [2.45, 2.75) is 51.5 Å². The summed E-state index contributed by atoms with van der Waals surface area (Å²) in [5.74, 6) is 1.09. The van der Waals surface area contributed by atoms with E-state index in [-0.39, 0.29) is 17.0 Å². The molecule has 1 aliphatic heterocycles. The summed E-state index contributed by atoms with van der Waals surface area (Å²) < 4.78 is 0. The first-order valence-corrected chi connectivity index (χ1v) is 11.8. The zero-order valence-electron chi connectivity index (χ0n) is 18.3. The van der Waals surface area contributed by atoms with Gasteiger partial charge in [0.05, 0.1) is 0 Å². The number of hydrogen-bond donors (Lipinski definition) is 1. The van der Waals surface area contributed by atoms with Gasteiger partial charge in [-0.05, 0) is 91.0 Å². The van der Waals surface area contributed by atoms with Crippen LogP contribution in [0.5, 0.6) is 0 Å². The molecule has 4 amide bonds. The maximum Gasteiger partial charge on any atom is 0.331 e. The second-order valence-corrected chi connectivity index (χ2v) is 10.5. The molecule has 5 heteroatoms. The van der Waals surface area contributed by atoms with Crippen molar-refractivity contribution >= 4 is 34.7 Å². The van der Waals surface area contributed by atoms with Crippen LogP contribution in [0.3, 0.4) is 0 Å². The fourth-order valence-electron chi connectivity index (χ4n) is 7.52. The lowest BCUT2D eigenvalue weighted by Gasteiger charge is -2.60. The molecule has 1 heterocycles. The Morgan fingerprint density at radius 1 is 0.938 bits per heavy atom. The van der Waals surface area contributed by atoms with Crippen molar-refractivity contribution in [3.8, 4) is 0 Å². The number of carbonyl (C=O) groups is 3. The van der Waals surface area contributed by atoms with E-state index in [9.17, 15) is 14.4 Å². The molecule has 32 heavy (non-hydrogen) atoms. The Hall–Kier alpha value is -2.95. The maximum absolute atomic E-state index is 13.6. The maximum atomic E-state index is 13.6. The zero-order valence-corrected chi connectivity index (χ0v) is 18.3. The van der Waals surface area contributed by atoms with Crippen LogP contribution in [0.15, 0.2) is 48.0 Å². The molecule has 7 rings (SSSR count). The van der Waals surface area contributed by atoms with Crippen molar-refractivity contribution in [2.75, 3.05) is 0 Å². The van der Waals surface area contributed by atoms with Crippen molar-refractivity contribution in [3.05, 3.63) is 53.6 Å². The molecule has 1 N–H and O–H groups in total. The summed E-state index contributed by atoms with van der Waals surface area (Å²) in [7, 11) is 0. The van der Waals surface area contributed by atoms with Crippen molar-refractivity contribution in [1.29, 1.82) is 0 Å². The molecular weight excluding hydrogens is 400 g/mol. The van der Waals surface area contributed by atoms with Gasteiger partial charge in [-0.3, -0.25) is 19.8 Å². The van der Waals surface area contributed by atoms with Gasteiger partial charge in [0, 0.05) is 6.04 Å². The Morgan fingerprint density at radius 3 is 2.25 bits per heavy atom. The SMILES string of the molecule is CC(N1C(=O)NC(=O)C(=Cc2cccc3ccccc23)C1=O)C12CC3CC(CC(C3)C1)C2. The number of fused-ring (bicyclic) bond motifs is 1. The number of hydrogen-bond acceptors (Lipinski definition) is 3. The topological polar surface area (TPSA) is 66.5 Å². The molecule has 4 aliphatic carbocycles. The van der Waals surface area contributed by atoms with E-state index in [0.29, 0.717) is 0 Å². The fraction of sp³-hybridized carbons (Fsp3) is 0.444. The number of carbonyl (C=O) groups excluding carboxylic acids is 3. The second kappa shape index (κ2) is 7.03. The summed E-state index contributed by atoms with van der Waals surface area (Å²) >= 11 is 0. The van der Waals surface area contributed by atoms with Gasteiger partial charge in [-0.15, -0.1) is 0 Å². The molecule has 4 saturated carbocycles. The lowest BCUT2D eigenvalue weighted by atomic mass is 9.47. The number of urea groups is 1. The lowest BCUT2D eigenvalue weighted by molar-refractivity contribution is -0.139. The summed E-state index contributed by atoms with van der Waals surface area (Å²) in [6.07, 6.45) is 8.82. The average molecular weight is 429 g/mol. The Balaban J connectivity index is 1.37. The van der Waals surface area contributed by atoms with Gasteiger partial charge in [0.1, 0.15) is 5.57 Å². The van der Waals surface area contributed by atoms with E-state index in [1.165, 1.54) is 24.2 Å². The van der Waals surface area contributed by atoms with Crippen LogP contribution in [0.2, 0.25) is 0 Å². The van der Waals surface area contributed by atoms with Crippen molar-refractivity contribution in [3.63, 3.8) is 0 Å². The quantitative estimate of drug-likeness (QED) is 0.558. The molecule has 0 aromatic heterocycles. The highest BCUT2D eigenvalue weighted by Crippen LogP contribution is 2.62. The van der Waals surface area contributed by atoms with E-state index < -0.39 is 17.8 Å². The zero-order chi connectivity index (χ0) is 22.0. The summed E-state index contributed by atoms with van der Waals surface area (Å²) in [5, 5.41) is 4.46. The van der Waals surface area contributed by atoms with Gasteiger partial charge in [-0.1, -0.05) is 42.5 Å². The van der Waals surface area contributed by atoms with Gasteiger partial charge in [0.15, 0.2) is 0 Å². The first-order chi connectivity index (χ1) is 15.4. The third-order valence-corrected chi connectivity index (χ3v) is 8.62. The lowest BCUT2D eigenvalue weighted by Crippen LogP contribution is -2.63. The highest BCUT2D eigenvalue weighted by atomic mass is 16.2. The monoisotopic (exact) mass is 428 g/mol. The fourth-order valence-corrected chi connectivity index (χ4v) is 7.52. The Bertz CT molecular complexity index is 1140. The van der Waals surface area contributed by atoms with E-state index in [4.69, 9.17) is 0 Å². The Labute approximate surface area is 187 Å². The second-order valence-electron chi connectivity index (χ2n) is 10.5. The van der Waals surface area contributed by atoms with Crippen LogP contribution in [-0.2, 0) is 9.59 Å².